The fourth-order valence-electron chi connectivity index (χ4n) is 1.73. The van der Waals surface area contributed by atoms with Crippen molar-refractivity contribution in [3.05, 3.63) is 70.8 Å². The van der Waals surface area contributed by atoms with E-state index in [-0.39, 0.29) is 16.7 Å². The maximum absolute atomic E-state index is 12.6. The lowest BCUT2D eigenvalue weighted by Gasteiger charge is -2.08. The Balaban J connectivity index is 2.41. The Morgan fingerprint density at radius 2 is 1.60 bits per heavy atom. The van der Waals surface area contributed by atoms with Gasteiger partial charge in [-0.1, -0.05) is 24.3 Å². The summed E-state index contributed by atoms with van der Waals surface area (Å²) >= 11 is 0. The van der Waals surface area contributed by atoms with E-state index in [0.717, 1.165) is 12.1 Å². The van der Waals surface area contributed by atoms with Crippen molar-refractivity contribution in [3.8, 4) is 6.07 Å². The second-order valence-corrected chi connectivity index (χ2v) is 4.10. The van der Waals surface area contributed by atoms with E-state index < -0.39 is 17.5 Å². The van der Waals surface area contributed by atoms with Crippen LogP contribution < -0.4 is 0 Å². The average Bonchev–Trinajstić information content (AvgIpc) is 2.46. The lowest BCUT2D eigenvalue weighted by molar-refractivity contribution is -0.137. The fourth-order valence-corrected chi connectivity index (χ4v) is 1.73. The van der Waals surface area contributed by atoms with E-state index in [1.165, 1.54) is 36.4 Å². The normalized spacial score (nSPS) is 10.9. The highest BCUT2D eigenvalue weighted by Gasteiger charge is 2.30. The monoisotopic (exact) mass is 275 g/mol. The molecule has 0 unspecified atom stereocenters. The molecule has 0 aliphatic carbocycles. The number of hydrogen-bond acceptors (Lipinski definition) is 2. The van der Waals surface area contributed by atoms with E-state index in [4.69, 9.17) is 5.26 Å². The largest absolute Gasteiger partial charge is 0.416 e. The second kappa shape index (κ2) is 5.17. The number of benzene rings is 2. The first-order valence-corrected chi connectivity index (χ1v) is 5.64. The van der Waals surface area contributed by atoms with Gasteiger partial charge in [-0.05, 0) is 24.3 Å². The van der Waals surface area contributed by atoms with Crippen LogP contribution in [-0.2, 0) is 6.18 Å². The van der Waals surface area contributed by atoms with Gasteiger partial charge in [-0.25, -0.2) is 0 Å². The number of nitriles is 1. The molecule has 2 rings (SSSR count). The maximum atomic E-state index is 12.6. The summed E-state index contributed by atoms with van der Waals surface area (Å²) in [6.45, 7) is 0. The molecule has 2 nitrogen and oxygen atoms in total. The molecule has 100 valence electrons. The molecule has 2 aromatic rings. The SMILES string of the molecule is N#Cc1cccc(C(=O)c2cccc(C(F)(F)F)c2)c1. The smallest absolute Gasteiger partial charge is 0.289 e. The summed E-state index contributed by atoms with van der Waals surface area (Å²) in [5, 5.41) is 8.76. The molecule has 20 heavy (non-hydrogen) atoms. The zero-order valence-electron chi connectivity index (χ0n) is 10.1. The maximum Gasteiger partial charge on any atom is 0.416 e. The van der Waals surface area contributed by atoms with Gasteiger partial charge in [-0.15, -0.1) is 0 Å². The molecule has 0 saturated carbocycles. The summed E-state index contributed by atoms with van der Waals surface area (Å²) in [7, 11) is 0. The standard InChI is InChI=1S/C15H8F3NO/c16-15(17,18)13-6-2-5-12(8-13)14(20)11-4-1-3-10(7-11)9-19/h1-8H. The first-order valence-electron chi connectivity index (χ1n) is 5.64. The van der Waals surface area contributed by atoms with Crippen LogP contribution in [0.1, 0.15) is 27.0 Å². The summed E-state index contributed by atoms with van der Waals surface area (Å²) in [5.41, 5.74) is -0.471. The number of rotatable bonds is 2. The van der Waals surface area contributed by atoms with Crippen molar-refractivity contribution in [2.24, 2.45) is 0 Å². The minimum absolute atomic E-state index is 0.0603. The van der Waals surface area contributed by atoms with Gasteiger partial charge < -0.3 is 0 Å². The Bertz CT molecular complexity index is 699. The van der Waals surface area contributed by atoms with Gasteiger partial charge in [0.1, 0.15) is 0 Å². The topological polar surface area (TPSA) is 40.9 Å². The molecule has 2 aromatic carbocycles. The lowest BCUT2D eigenvalue weighted by Crippen LogP contribution is -2.08. The van der Waals surface area contributed by atoms with Crippen LogP contribution in [0, 0.1) is 11.3 Å². The van der Waals surface area contributed by atoms with Crippen LogP contribution in [-0.4, -0.2) is 5.78 Å². The van der Waals surface area contributed by atoms with Crippen LogP contribution in [0.15, 0.2) is 48.5 Å². The summed E-state index contributed by atoms with van der Waals surface area (Å²) in [5.74, 6) is -0.548. The molecule has 0 aromatic heterocycles. The van der Waals surface area contributed by atoms with Crippen LogP contribution in [0.5, 0.6) is 0 Å². The Morgan fingerprint density at radius 1 is 1.00 bits per heavy atom. The highest BCUT2D eigenvalue weighted by atomic mass is 19.4. The number of hydrogen-bond donors (Lipinski definition) is 0. The molecular weight excluding hydrogens is 267 g/mol. The highest BCUT2D eigenvalue weighted by molar-refractivity contribution is 6.09. The van der Waals surface area contributed by atoms with Crippen molar-refractivity contribution in [3.63, 3.8) is 0 Å². The molecule has 0 heterocycles. The van der Waals surface area contributed by atoms with Gasteiger partial charge in [0.25, 0.3) is 0 Å². The molecule has 0 bridgehead atoms. The Hall–Kier alpha value is -2.61. The van der Waals surface area contributed by atoms with Crippen molar-refractivity contribution >= 4 is 5.78 Å². The zero-order chi connectivity index (χ0) is 14.8. The molecule has 0 saturated heterocycles. The molecule has 0 spiro atoms. The third kappa shape index (κ3) is 2.86. The molecular formula is C15H8F3NO. The molecule has 0 amide bonds. The van der Waals surface area contributed by atoms with Crippen LogP contribution >= 0.6 is 0 Å². The molecule has 0 radical (unpaired) electrons. The zero-order valence-corrected chi connectivity index (χ0v) is 10.1. The van der Waals surface area contributed by atoms with Crippen LogP contribution in [0.25, 0.3) is 0 Å². The molecule has 0 atom stereocenters. The number of carbonyl (C=O) groups excluding carboxylic acids is 1. The first-order chi connectivity index (χ1) is 9.41. The number of halogens is 3. The predicted octanol–water partition coefficient (Wildman–Crippen LogP) is 3.81. The van der Waals surface area contributed by atoms with E-state index in [1.807, 2.05) is 6.07 Å². The Kier molecular flexibility index (Phi) is 3.57. The van der Waals surface area contributed by atoms with E-state index in [9.17, 15) is 18.0 Å². The fraction of sp³-hybridized carbons (Fsp3) is 0.0667. The summed E-state index contributed by atoms with van der Waals surface area (Å²) < 4.78 is 37.8. The quantitative estimate of drug-likeness (QED) is 0.782. The van der Waals surface area contributed by atoms with Gasteiger partial charge >= 0.3 is 6.18 Å². The van der Waals surface area contributed by atoms with Gasteiger partial charge in [0, 0.05) is 11.1 Å². The first kappa shape index (κ1) is 13.8. The van der Waals surface area contributed by atoms with E-state index in [2.05, 4.69) is 0 Å². The number of carbonyl (C=O) groups is 1. The second-order valence-electron chi connectivity index (χ2n) is 4.10. The molecule has 5 heteroatoms. The van der Waals surface area contributed by atoms with Crippen LogP contribution in [0.2, 0.25) is 0 Å². The van der Waals surface area contributed by atoms with E-state index in [0.29, 0.717) is 0 Å². The van der Waals surface area contributed by atoms with Crippen LogP contribution in [0.4, 0.5) is 13.2 Å². The third-order valence-electron chi connectivity index (χ3n) is 2.71. The summed E-state index contributed by atoms with van der Waals surface area (Å²) in [6.07, 6.45) is -4.50. The minimum Gasteiger partial charge on any atom is -0.289 e. The lowest BCUT2D eigenvalue weighted by atomic mass is 10.00. The van der Waals surface area contributed by atoms with Gasteiger partial charge in [0.05, 0.1) is 17.2 Å². The van der Waals surface area contributed by atoms with E-state index in [1.54, 1.807) is 0 Å². The number of alkyl halides is 3. The van der Waals surface area contributed by atoms with Crippen molar-refractivity contribution in [1.82, 2.24) is 0 Å². The highest BCUT2D eigenvalue weighted by Crippen LogP contribution is 2.30. The van der Waals surface area contributed by atoms with Crippen LogP contribution in [0.3, 0.4) is 0 Å². The number of nitrogens with zero attached hydrogens (tertiary/aromatic N) is 1. The Morgan fingerprint density at radius 3 is 2.20 bits per heavy atom. The van der Waals surface area contributed by atoms with Crippen molar-refractivity contribution in [2.75, 3.05) is 0 Å². The minimum atomic E-state index is -4.50. The van der Waals surface area contributed by atoms with Crippen molar-refractivity contribution in [1.29, 1.82) is 5.26 Å². The molecule has 0 aliphatic rings. The van der Waals surface area contributed by atoms with Gasteiger partial charge in [0.15, 0.2) is 5.78 Å². The van der Waals surface area contributed by atoms with Gasteiger partial charge in [-0.2, -0.15) is 18.4 Å². The predicted molar refractivity (Wildman–Crippen MR) is 66.0 cm³/mol. The molecule has 0 fully saturated rings. The third-order valence-corrected chi connectivity index (χ3v) is 2.71. The van der Waals surface area contributed by atoms with Gasteiger partial charge in [-0.3, -0.25) is 4.79 Å². The molecule has 0 N–H and O–H groups in total. The summed E-state index contributed by atoms with van der Waals surface area (Å²) in [4.78, 5) is 12.1. The summed E-state index contributed by atoms with van der Waals surface area (Å²) in [6, 6.07) is 11.9. The average molecular weight is 275 g/mol. The molecule has 0 aliphatic heterocycles. The van der Waals surface area contributed by atoms with Crippen molar-refractivity contribution < 1.29 is 18.0 Å². The van der Waals surface area contributed by atoms with E-state index >= 15 is 0 Å². The van der Waals surface area contributed by atoms with Crippen molar-refractivity contribution in [2.45, 2.75) is 6.18 Å². The van der Waals surface area contributed by atoms with Gasteiger partial charge in [0.2, 0.25) is 0 Å². The Labute approximate surface area is 113 Å². The number of ketones is 1.